The fourth-order valence-electron chi connectivity index (χ4n) is 4.94. The molecular formula is C24H30N2O4S. The van der Waals surface area contributed by atoms with E-state index in [1.807, 2.05) is 19.9 Å². The number of aryl methyl sites for hydroxylation is 2. The fraction of sp³-hybridized carbons (Fsp3) is 0.458. The SMILES string of the molecule is COc1ccc(C)cc1N(CC(=O)NC1CC2CCC1C2)S(=O)(=O)c1ccc(C)cc1. The van der Waals surface area contributed by atoms with Gasteiger partial charge in [-0.15, -0.1) is 0 Å². The molecule has 3 unspecified atom stereocenters. The maximum Gasteiger partial charge on any atom is 0.264 e. The zero-order valence-electron chi connectivity index (χ0n) is 18.3. The van der Waals surface area contributed by atoms with E-state index in [0.717, 1.165) is 24.0 Å². The first-order chi connectivity index (χ1) is 14.8. The van der Waals surface area contributed by atoms with Gasteiger partial charge in [-0.3, -0.25) is 9.10 Å². The molecule has 2 fully saturated rings. The predicted octanol–water partition coefficient (Wildman–Crippen LogP) is 3.81. The molecular weight excluding hydrogens is 412 g/mol. The third-order valence-electron chi connectivity index (χ3n) is 6.58. The first-order valence-electron chi connectivity index (χ1n) is 10.8. The summed E-state index contributed by atoms with van der Waals surface area (Å²) in [4.78, 5) is 13.2. The van der Waals surface area contributed by atoms with E-state index >= 15 is 0 Å². The number of ether oxygens (including phenoxy) is 1. The number of nitrogens with one attached hydrogen (secondary N) is 1. The number of fused-ring (bicyclic) bond motifs is 2. The number of sulfonamides is 1. The monoisotopic (exact) mass is 442 g/mol. The molecule has 2 saturated carbocycles. The van der Waals surface area contributed by atoms with Crippen LogP contribution in [0, 0.1) is 25.7 Å². The lowest BCUT2D eigenvalue weighted by Gasteiger charge is -2.28. The Morgan fingerprint density at radius 2 is 1.77 bits per heavy atom. The van der Waals surface area contributed by atoms with E-state index < -0.39 is 10.0 Å². The van der Waals surface area contributed by atoms with Crippen molar-refractivity contribution in [1.82, 2.24) is 5.32 Å². The van der Waals surface area contributed by atoms with Crippen molar-refractivity contribution in [1.29, 1.82) is 0 Å². The zero-order valence-corrected chi connectivity index (χ0v) is 19.1. The highest BCUT2D eigenvalue weighted by Gasteiger charge is 2.40. The Morgan fingerprint density at radius 1 is 1.06 bits per heavy atom. The Labute approximate surface area is 184 Å². The molecule has 0 aromatic heterocycles. The molecule has 31 heavy (non-hydrogen) atoms. The number of carbonyl (C=O) groups excluding carboxylic acids is 1. The largest absolute Gasteiger partial charge is 0.495 e. The highest BCUT2D eigenvalue weighted by Crippen LogP contribution is 2.44. The van der Waals surface area contributed by atoms with Crippen molar-refractivity contribution in [2.75, 3.05) is 18.0 Å². The Bertz CT molecular complexity index is 1070. The Morgan fingerprint density at radius 3 is 2.39 bits per heavy atom. The van der Waals surface area contributed by atoms with Crippen LogP contribution >= 0.6 is 0 Å². The quantitative estimate of drug-likeness (QED) is 0.707. The van der Waals surface area contributed by atoms with E-state index in [9.17, 15) is 13.2 Å². The number of carbonyl (C=O) groups is 1. The second-order valence-corrected chi connectivity index (χ2v) is 10.7. The smallest absolute Gasteiger partial charge is 0.264 e. The highest BCUT2D eigenvalue weighted by atomic mass is 32.2. The van der Waals surface area contributed by atoms with Gasteiger partial charge in [-0.05, 0) is 74.8 Å². The first-order valence-corrected chi connectivity index (χ1v) is 12.3. The molecule has 0 saturated heterocycles. The summed E-state index contributed by atoms with van der Waals surface area (Å²) in [6, 6.07) is 12.2. The molecule has 0 heterocycles. The summed E-state index contributed by atoms with van der Waals surface area (Å²) >= 11 is 0. The van der Waals surface area contributed by atoms with Crippen LogP contribution < -0.4 is 14.4 Å². The van der Waals surface area contributed by atoms with Gasteiger partial charge >= 0.3 is 0 Å². The summed E-state index contributed by atoms with van der Waals surface area (Å²) in [5.74, 6) is 1.34. The van der Waals surface area contributed by atoms with Crippen molar-refractivity contribution in [3.05, 3.63) is 53.6 Å². The summed E-state index contributed by atoms with van der Waals surface area (Å²) in [5.41, 5.74) is 2.22. The van der Waals surface area contributed by atoms with Crippen molar-refractivity contribution in [2.24, 2.45) is 11.8 Å². The van der Waals surface area contributed by atoms with Gasteiger partial charge in [0.1, 0.15) is 12.3 Å². The van der Waals surface area contributed by atoms with Gasteiger partial charge in [0.05, 0.1) is 17.7 Å². The molecule has 4 rings (SSSR count). The second kappa shape index (κ2) is 8.54. The van der Waals surface area contributed by atoms with Crippen LogP contribution in [0.1, 0.15) is 36.8 Å². The number of hydrogen-bond donors (Lipinski definition) is 1. The standard InChI is InChI=1S/C24H30N2O4S/c1-16-4-9-20(10-5-16)31(28,29)26(22-12-17(2)6-11-23(22)30-3)15-24(27)25-21-14-18-7-8-19(21)13-18/h4-6,9-12,18-19,21H,7-8,13-15H2,1-3H3,(H,25,27). The van der Waals surface area contributed by atoms with Gasteiger partial charge in [-0.25, -0.2) is 8.42 Å². The van der Waals surface area contributed by atoms with Crippen LogP contribution in [-0.2, 0) is 14.8 Å². The topological polar surface area (TPSA) is 75.7 Å². The second-order valence-electron chi connectivity index (χ2n) is 8.85. The minimum Gasteiger partial charge on any atom is -0.495 e. The number of methoxy groups -OCH3 is 1. The summed E-state index contributed by atoms with van der Waals surface area (Å²) in [7, 11) is -2.47. The predicted molar refractivity (Wildman–Crippen MR) is 121 cm³/mol. The Kier molecular flexibility index (Phi) is 5.97. The number of hydrogen-bond acceptors (Lipinski definition) is 4. The minimum absolute atomic E-state index is 0.148. The molecule has 1 N–H and O–H groups in total. The van der Waals surface area contributed by atoms with Crippen molar-refractivity contribution in [3.8, 4) is 5.75 Å². The van der Waals surface area contributed by atoms with E-state index in [1.165, 1.54) is 24.3 Å². The van der Waals surface area contributed by atoms with E-state index in [0.29, 0.717) is 23.3 Å². The Hall–Kier alpha value is -2.54. The van der Waals surface area contributed by atoms with Crippen LogP contribution in [0.15, 0.2) is 47.4 Å². The molecule has 2 bridgehead atoms. The van der Waals surface area contributed by atoms with Gasteiger partial charge in [0, 0.05) is 6.04 Å². The van der Waals surface area contributed by atoms with E-state index in [4.69, 9.17) is 4.74 Å². The van der Waals surface area contributed by atoms with Crippen LogP contribution in [0.3, 0.4) is 0 Å². The van der Waals surface area contributed by atoms with Crippen molar-refractivity contribution in [2.45, 2.75) is 50.5 Å². The number of benzene rings is 2. The fourth-order valence-corrected chi connectivity index (χ4v) is 6.36. The summed E-state index contributed by atoms with van der Waals surface area (Å²) < 4.78 is 33.8. The molecule has 2 aliphatic carbocycles. The van der Waals surface area contributed by atoms with Gasteiger partial charge < -0.3 is 10.1 Å². The summed E-state index contributed by atoms with van der Waals surface area (Å²) in [6.07, 6.45) is 4.55. The molecule has 7 heteroatoms. The maximum atomic E-state index is 13.6. The molecule has 1 amide bonds. The third kappa shape index (κ3) is 4.42. The normalized spacial score (nSPS) is 22.4. The lowest BCUT2D eigenvalue weighted by Crippen LogP contribution is -2.46. The van der Waals surface area contributed by atoms with Crippen LogP contribution in [0.2, 0.25) is 0 Å². The van der Waals surface area contributed by atoms with E-state index in [1.54, 1.807) is 36.4 Å². The van der Waals surface area contributed by atoms with Crippen molar-refractivity contribution in [3.63, 3.8) is 0 Å². The molecule has 3 atom stereocenters. The van der Waals surface area contributed by atoms with Gasteiger partial charge in [-0.2, -0.15) is 0 Å². The number of amides is 1. The van der Waals surface area contributed by atoms with Crippen LogP contribution in [0.4, 0.5) is 5.69 Å². The lowest BCUT2D eigenvalue weighted by atomic mass is 9.95. The van der Waals surface area contributed by atoms with E-state index in [2.05, 4.69) is 5.32 Å². The molecule has 166 valence electrons. The summed E-state index contributed by atoms with van der Waals surface area (Å²) in [6.45, 7) is 3.50. The van der Waals surface area contributed by atoms with Crippen molar-refractivity contribution < 1.29 is 17.9 Å². The number of nitrogens with zero attached hydrogens (tertiary/aromatic N) is 1. The molecule has 6 nitrogen and oxygen atoms in total. The van der Waals surface area contributed by atoms with Crippen LogP contribution in [0.5, 0.6) is 5.75 Å². The third-order valence-corrected chi connectivity index (χ3v) is 8.36. The average molecular weight is 443 g/mol. The molecule has 0 aliphatic heterocycles. The average Bonchev–Trinajstić information content (AvgIpc) is 3.35. The zero-order chi connectivity index (χ0) is 22.2. The Balaban J connectivity index is 1.66. The lowest BCUT2D eigenvalue weighted by molar-refractivity contribution is -0.120. The number of anilines is 1. The molecule has 2 aliphatic rings. The molecule has 0 radical (unpaired) electrons. The maximum absolute atomic E-state index is 13.6. The minimum atomic E-state index is -3.97. The van der Waals surface area contributed by atoms with Gasteiger partial charge in [0.2, 0.25) is 5.91 Å². The molecule has 0 spiro atoms. The summed E-state index contributed by atoms with van der Waals surface area (Å²) in [5, 5.41) is 3.11. The first kappa shape index (κ1) is 21.7. The highest BCUT2D eigenvalue weighted by molar-refractivity contribution is 7.92. The van der Waals surface area contributed by atoms with Crippen LogP contribution in [0.25, 0.3) is 0 Å². The van der Waals surface area contributed by atoms with Gasteiger partial charge in [-0.1, -0.05) is 30.2 Å². The van der Waals surface area contributed by atoms with Crippen LogP contribution in [-0.4, -0.2) is 34.0 Å². The van der Waals surface area contributed by atoms with Crippen molar-refractivity contribution >= 4 is 21.6 Å². The van der Waals surface area contributed by atoms with Gasteiger partial charge in [0.25, 0.3) is 10.0 Å². The molecule has 2 aromatic carbocycles. The van der Waals surface area contributed by atoms with E-state index in [-0.39, 0.29) is 23.4 Å². The van der Waals surface area contributed by atoms with Gasteiger partial charge in [0.15, 0.2) is 0 Å². The molecule has 2 aromatic rings. The number of rotatable bonds is 7.